The highest BCUT2D eigenvalue weighted by Crippen LogP contribution is 2.22. The summed E-state index contributed by atoms with van der Waals surface area (Å²) >= 11 is 0. The van der Waals surface area contributed by atoms with Crippen LogP contribution in [0.1, 0.15) is 53.9 Å². The van der Waals surface area contributed by atoms with Gasteiger partial charge in [0.2, 0.25) is 0 Å². The smallest absolute Gasteiger partial charge is 0.151 e. The highest BCUT2D eigenvalue weighted by molar-refractivity contribution is 7.91. The first-order chi connectivity index (χ1) is 9.71. The molecule has 0 aromatic carbocycles. The van der Waals surface area contributed by atoms with E-state index in [4.69, 9.17) is 0 Å². The zero-order valence-corrected chi connectivity index (χ0v) is 15.3. The van der Waals surface area contributed by atoms with Crippen molar-refractivity contribution in [3.05, 3.63) is 0 Å². The maximum atomic E-state index is 12.0. The summed E-state index contributed by atoms with van der Waals surface area (Å²) in [6, 6.07) is 0.460. The summed E-state index contributed by atoms with van der Waals surface area (Å²) < 4.78 is 24.0. The lowest BCUT2D eigenvalue weighted by Gasteiger charge is -2.46. The molecule has 21 heavy (non-hydrogen) atoms. The van der Waals surface area contributed by atoms with Crippen molar-refractivity contribution in [1.29, 1.82) is 0 Å². The van der Waals surface area contributed by atoms with Crippen molar-refractivity contribution in [2.24, 2.45) is 5.92 Å². The molecule has 0 radical (unpaired) electrons. The van der Waals surface area contributed by atoms with Gasteiger partial charge in [-0.25, -0.2) is 8.42 Å². The van der Waals surface area contributed by atoms with Crippen LogP contribution in [0.25, 0.3) is 0 Å². The fourth-order valence-electron chi connectivity index (χ4n) is 3.07. The lowest BCUT2D eigenvalue weighted by atomic mass is 9.91. The van der Waals surface area contributed by atoms with Crippen LogP contribution in [0.3, 0.4) is 0 Å². The topological polar surface area (TPSA) is 49.4 Å². The molecule has 1 aliphatic heterocycles. The Morgan fingerprint density at radius 3 is 2.48 bits per heavy atom. The first-order valence-corrected chi connectivity index (χ1v) is 10.2. The van der Waals surface area contributed by atoms with Gasteiger partial charge in [0.15, 0.2) is 9.84 Å². The quantitative estimate of drug-likeness (QED) is 0.746. The normalized spacial score (nSPS) is 28.2. The van der Waals surface area contributed by atoms with Gasteiger partial charge in [-0.3, -0.25) is 4.90 Å². The highest BCUT2D eigenvalue weighted by Gasteiger charge is 2.34. The van der Waals surface area contributed by atoms with E-state index in [9.17, 15) is 8.42 Å². The average molecular weight is 319 g/mol. The second-order valence-corrected chi connectivity index (χ2v) is 9.50. The lowest BCUT2D eigenvalue weighted by Crippen LogP contribution is -2.63. The highest BCUT2D eigenvalue weighted by atomic mass is 32.2. The number of piperazine rings is 1. The molecule has 1 saturated heterocycles. The monoisotopic (exact) mass is 318 g/mol. The average Bonchev–Trinajstić information content (AvgIpc) is 2.39. The molecule has 4 nitrogen and oxygen atoms in total. The molecule has 1 heterocycles. The summed E-state index contributed by atoms with van der Waals surface area (Å²) in [4.78, 5) is 2.41. The van der Waals surface area contributed by atoms with Crippen molar-refractivity contribution in [3.8, 4) is 0 Å². The Hall–Kier alpha value is -0.130. The molecule has 0 aromatic heterocycles. The molecule has 0 bridgehead atoms. The predicted octanol–water partition coefficient (Wildman–Crippen LogP) is 2.30. The van der Waals surface area contributed by atoms with Crippen molar-refractivity contribution in [3.63, 3.8) is 0 Å². The minimum absolute atomic E-state index is 0.113. The van der Waals surface area contributed by atoms with E-state index in [0.29, 0.717) is 36.4 Å². The minimum Gasteiger partial charge on any atom is -0.309 e. The molecule has 2 unspecified atom stereocenters. The predicted molar refractivity (Wildman–Crippen MR) is 90.5 cm³/mol. The molecule has 0 amide bonds. The molecule has 1 aliphatic rings. The SMILES string of the molecule is CCCS(=O)(=O)CCN1CC(C)(CC)NCC1CC(C)C. The fourth-order valence-corrected chi connectivity index (χ4v) is 4.41. The summed E-state index contributed by atoms with van der Waals surface area (Å²) in [5.74, 6) is 1.26. The van der Waals surface area contributed by atoms with E-state index in [1.54, 1.807) is 0 Å². The second-order valence-electron chi connectivity index (χ2n) is 7.20. The molecule has 0 saturated carbocycles. The third-order valence-electron chi connectivity index (χ3n) is 4.56. The van der Waals surface area contributed by atoms with E-state index in [1.165, 1.54) is 0 Å². The largest absolute Gasteiger partial charge is 0.309 e. The zero-order chi connectivity index (χ0) is 16.1. The zero-order valence-electron chi connectivity index (χ0n) is 14.5. The fraction of sp³-hybridized carbons (Fsp3) is 1.00. The number of hydrogen-bond donors (Lipinski definition) is 1. The number of sulfone groups is 1. The first kappa shape index (κ1) is 18.9. The van der Waals surface area contributed by atoms with Crippen LogP contribution < -0.4 is 5.32 Å². The number of nitrogens with zero attached hydrogens (tertiary/aromatic N) is 1. The minimum atomic E-state index is -2.89. The van der Waals surface area contributed by atoms with E-state index < -0.39 is 9.84 Å². The Balaban J connectivity index is 2.70. The molecular weight excluding hydrogens is 284 g/mol. The lowest BCUT2D eigenvalue weighted by molar-refractivity contribution is 0.0785. The van der Waals surface area contributed by atoms with Gasteiger partial charge in [0, 0.05) is 37.0 Å². The molecule has 0 spiro atoms. The van der Waals surface area contributed by atoms with E-state index >= 15 is 0 Å². The Bertz CT molecular complexity index is 409. The Kier molecular flexibility index (Phi) is 7.14. The molecular formula is C16H34N2O2S. The van der Waals surface area contributed by atoms with Gasteiger partial charge in [0.25, 0.3) is 0 Å². The Morgan fingerprint density at radius 1 is 1.29 bits per heavy atom. The van der Waals surface area contributed by atoms with Gasteiger partial charge in [-0.05, 0) is 32.1 Å². The van der Waals surface area contributed by atoms with Crippen molar-refractivity contribution < 1.29 is 8.42 Å². The third-order valence-corrected chi connectivity index (χ3v) is 6.40. The molecule has 2 atom stereocenters. The van der Waals surface area contributed by atoms with Crippen LogP contribution in [0.5, 0.6) is 0 Å². The molecule has 1 rings (SSSR count). The van der Waals surface area contributed by atoms with Gasteiger partial charge in [0.05, 0.1) is 5.75 Å². The molecule has 1 fully saturated rings. The van der Waals surface area contributed by atoms with Gasteiger partial charge in [-0.1, -0.05) is 27.7 Å². The summed E-state index contributed by atoms with van der Waals surface area (Å²) in [5, 5.41) is 3.66. The van der Waals surface area contributed by atoms with E-state index in [-0.39, 0.29) is 5.54 Å². The van der Waals surface area contributed by atoms with Crippen LogP contribution in [0.2, 0.25) is 0 Å². The third kappa shape index (κ3) is 6.25. The van der Waals surface area contributed by atoms with Crippen molar-refractivity contribution >= 4 is 9.84 Å². The van der Waals surface area contributed by atoms with Gasteiger partial charge in [-0.2, -0.15) is 0 Å². The number of nitrogens with one attached hydrogen (secondary N) is 1. The molecule has 0 aromatic rings. The van der Waals surface area contributed by atoms with E-state index in [1.807, 2.05) is 6.92 Å². The summed E-state index contributed by atoms with van der Waals surface area (Å²) in [7, 11) is -2.89. The Labute approximate surface area is 131 Å². The van der Waals surface area contributed by atoms with Crippen LogP contribution in [0.15, 0.2) is 0 Å². The van der Waals surface area contributed by atoms with Gasteiger partial charge in [-0.15, -0.1) is 0 Å². The molecule has 1 N–H and O–H groups in total. The van der Waals surface area contributed by atoms with E-state index in [0.717, 1.165) is 25.9 Å². The van der Waals surface area contributed by atoms with Crippen molar-refractivity contribution in [2.45, 2.75) is 65.5 Å². The van der Waals surface area contributed by atoms with Crippen LogP contribution in [0, 0.1) is 5.92 Å². The second kappa shape index (κ2) is 7.93. The molecule has 0 aliphatic carbocycles. The van der Waals surface area contributed by atoms with Gasteiger partial charge in [0.1, 0.15) is 0 Å². The van der Waals surface area contributed by atoms with E-state index in [2.05, 4.69) is 37.9 Å². The summed E-state index contributed by atoms with van der Waals surface area (Å²) in [6.45, 7) is 13.4. The van der Waals surface area contributed by atoms with Gasteiger partial charge >= 0.3 is 0 Å². The maximum Gasteiger partial charge on any atom is 0.151 e. The van der Waals surface area contributed by atoms with Crippen LogP contribution >= 0.6 is 0 Å². The van der Waals surface area contributed by atoms with Crippen molar-refractivity contribution in [2.75, 3.05) is 31.1 Å². The summed E-state index contributed by atoms with van der Waals surface area (Å²) in [6.07, 6.45) is 2.91. The molecule has 126 valence electrons. The first-order valence-electron chi connectivity index (χ1n) is 8.41. The van der Waals surface area contributed by atoms with Crippen LogP contribution in [-0.4, -0.2) is 56.0 Å². The van der Waals surface area contributed by atoms with Crippen LogP contribution in [-0.2, 0) is 9.84 Å². The number of hydrogen-bond acceptors (Lipinski definition) is 4. The van der Waals surface area contributed by atoms with Crippen LogP contribution in [0.4, 0.5) is 0 Å². The maximum absolute atomic E-state index is 12.0. The van der Waals surface area contributed by atoms with Gasteiger partial charge < -0.3 is 5.32 Å². The Morgan fingerprint density at radius 2 is 1.95 bits per heavy atom. The molecule has 5 heteroatoms. The summed E-state index contributed by atoms with van der Waals surface area (Å²) in [5.41, 5.74) is 0.113. The van der Waals surface area contributed by atoms with Crippen molar-refractivity contribution in [1.82, 2.24) is 10.2 Å². The standard InChI is InChI=1S/C16H34N2O2S/c1-6-9-21(19,20)10-8-18-13-16(5,7-2)17-12-15(18)11-14(3)4/h14-15,17H,6-13H2,1-5H3. The number of rotatable bonds is 8.